The zero-order valence-corrected chi connectivity index (χ0v) is 8.18. The molecule has 3 N–H and O–H groups in total. The summed E-state index contributed by atoms with van der Waals surface area (Å²) >= 11 is 0. The molecule has 0 bridgehead atoms. The Balaban J connectivity index is 2.58. The van der Waals surface area contributed by atoms with Crippen LogP contribution in [0.1, 0.15) is 5.56 Å². The highest BCUT2D eigenvalue weighted by molar-refractivity contribution is 5.79. The standard InChI is InChI=1S/C9H10N6/c1-7-3-2-4-8(5-7)13-15-14-9(11)12-6-10/h2-5H,1H3,(H3,11,12,13,14). The number of hydrogen-bond acceptors (Lipinski definition) is 3. The number of aliphatic imine (C=N–C) groups is 1. The molecule has 6 nitrogen and oxygen atoms in total. The summed E-state index contributed by atoms with van der Waals surface area (Å²) < 4.78 is 0. The summed E-state index contributed by atoms with van der Waals surface area (Å²) in [6, 6.07) is 7.59. The number of nitrogens with one attached hydrogen (secondary N) is 1. The molecule has 15 heavy (non-hydrogen) atoms. The minimum Gasteiger partial charge on any atom is -0.366 e. The Labute approximate surface area is 87.1 Å². The number of benzene rings is 1. The van der Waals surface area contributed by atoms with Gasteiger partial charge in [-0.2, -0.15) is 5.26 Å². The number of aryl methyl sites for hydroxylation is 1. The number of hydrogen-bond donors (Lipinski definition) is 2. The van der Waals surface area contributed by atoms with Crippen LogP contribution in [0.2, 0.25) is 0 Å². The fourth-order valence-electron chi connectivity index (χ4n) is 0.922. The first kappa shape index (κ1) is 10.7. The molecule has 1 rings (SSSR count). The molecule has 0 unspecified atom stereocenters. The van der Waals surface area contributed by atoms with Crippen molar-refractivity contribution >= 4 is 11.6 Å². The van der Waals surface area contributed by atoms with Crippen LogP contribution in [0, 0.1) is 18.4 Å². The van der Waals surface area contributed by atoms with Crippen molar-refractivity contribution in [2.75, 3.05) is 5.43 Å². The molecule has 0 heterocycles. The van der Waals surface area contributed by atoms with Gasteiger partial charge in [0.15, 0.2) is 0 Å². The van der Waals surface area contributed by atoms with E-state index in [1.54, 1.807) is 0 Å². The molecular weight excluding hydrogens is 192 g/mol. The SMILES string of the molecule is Cc1cccc(N/N=N/C(N)=NC#N)c1. The minimum absolute atomic E-state index is 0.183. The third-order valence-electron chi connectivity index (χ3n) is 1.51. The van der Waals surface area contributed by atoms with Gasteiger partial charge < -0.3 is 5.73 Å². The van der Waals surface area contributed by atoms with Gasteiger partial charge in [0.1, 0.15) is 0 Å². The Morgan fingerprint density at radius 1 is 1.53 bits per heavy atom. The Bertz CT molecular complexity index is 428. The van der Waals surface area contributed by atoms with Crippen LogP contribution in [0.5, 0.6) is 0 Å². The number of nitrogens with two attached hydrogens (primary N) is 1. The Morgan fingerprint density at radius 2 is 2.33 bits per heavy atom. The van der Waals surface area contributed by atoms with Gasteiger partial charge in [0.25, 0.3) is 5.96 Å². The van der Waals surface area contributed by atoms with Crippen molar-refractivity contribution in [3.05, 3.63) is 29.8 Å². The first-order chi connectivity index (χ1) is 7.22. The predicted octanol–water partition coefficient (Wildman–Crippen LogP) is 1.57. The molecule has 0 radical (unpaired) electrons. The molecule has 0 aromatic heterocycles. The van der Waals surface area contributed by atoms with Crippen LogP contribution in [0.15, 0.2) is 39.6 Å². The van der Waals surface area contributed by atoms with E-state index in [1.165, 1.54) is 6.19 Å². The van der Waals surface area contributed by atoms with Gasteiger partial charge in [0, 0.05) is 0 Å². The third kappa shape index (κ3) is 3.87. The number of nitriles is 1. The van der Waals surface area contributed by atoms with Crippen molar-refractivity contribution in [2.24, 2.45) is 21.1 Å². The van der Waals surface area contributed by atoms with E-state index < -0.39 is 0 Å². The lowest BCUT2D eigenvalue weighted by molar-refractivity contribution is 1.14. The topological polar surface area (TPSA) is 98.9 Å². The summed E-state index contributed by atoms with van der Waals surface area (Å²) in [4.78, 5) is 3.17. The summed E-state index contributed by atoms with van der Waals surface area (Å²) in [7, 11) is 0. The summed E-state index contributed by atoms with van der Waals surface area (Å²) in [5.74, 6) is -0.183. The van der Waals surface area contributed by atoms with E-state index in [2.05, 4.69) is 20.8 Å². The van der Waals surface area contributed by atoms with Crippen molar-refractivity contribution < 1.29 is 0 Å². The highest BCUT2D eigenvalue weighted by atomic mass is 15.4. The fourth-order valence-corrected chi connectivity index (χ4v) is 0.922. The van der Waals surface area contributed by atoms with Gasteiger partial charge in [0.05, 0.1) is 5.69 Å². The predicted molar refractivity (Wildman–Crippen MR) is 56.9 cm³/mol. The summed E-state index contributed by atoms with van der Waals surface area (Å²) in [6.45, 7) is 1.97. The first-order valence-electron chi connectivity index (χ1n) is 4.18. The number of rotatable bonds is 2. The van der Waals surface area contributed by atoms with Crippen molar-refractivity contribution in [1.82, 2.24) is 0 Å². The zero-order valence-electron chi connectivity index (χ0n) is 8.18. The lowest BCUT2D eigenvalue weighted by atomic mass is 10.2. The van der Waals surface area contributed by atoms with Crippen molar-refractivity contribution in [2.45, 2.75) is 6.92 Å². The number of anilines is 1. The van der Waals surface area contributed by atoms with E-state index in [9.17, 15) is 0 Å². The first-order valence-corrected chi connectivity index (χ1v) is 4.18. The number of guanidine groups is 1. The molecule has 1 aromatic rings. The van der Waals surface area contributed by atoms with Crippen LogP contribution < -0.4 is 11.2 Å². The second kappa shape index (κ2) is 5.34. The molecule has 1 aromatic carbocycles. The largest absolute Gasteiger partial charge is 0.366 e. The van der Waals surface area contributed by atoms with Crippen molar-refractivity contribution in [3.8, 4) is 6.19 Å². The highest BCUT2D eigenvalue weighted by Gasteiger charge is 1.89. The Kier molecular flexibility index (Phi) is 3.79. The fraction of sp³-hybridized carbons (Fsp3) is 0.111. The smallest absolute Gasteiger partial charge is 0.252 e. The van der Waals surface area contributed by atoms with E-state index in [4.69, 9.17) is 11.0 Å². The van der Waals surface area contributed by atoms with Gasteiger partial charge >= 0.3 is 0 Å². The number of nitrogens with zero attached hydrogens (tertiary/aromatic N) is 4. The summed E-state index contributed by atoms with van der Waals surface area (Å²) in [6.07, 6.45) is 1.51. The molecule has 0 atom stereocenters. The second-order valence-corrected chi connectivity index (χ2v) is 2.75. The molecule has 0 spiro atoms. The molecule has 6 heteroatoms. The second-order valence-electron chi connectivity index (χ2n) is 2.75. The molecule has 0 aliphatic heterocycles. The van der Waals surface area contributed by atoms with E-state index in [0.29, 0.717) is 0 Å². The molecular formula is C9H10N6. The maximum Gasteiger partial charge on any atom is 0.252 e. The quantitative estimate of drug-likeness (QED) is 0.250. The lowest BCUT2D eigenvalue weighted by Crippen LogP contribution is -2.07. The maximum atomic E-state index is 8.15. The molecule has 0 saturated carbocycles. The van der Waals surface area contributed by atoms with Crippen molar-refractivity contribution in [1.29, 1.82) is 5.26 Å². The van der Waals surface area contributed by atoms with E-state index in [-0.39, 0.29) is 5.96 Å². The van der Waals surface area contributed by atoms with Gasteiger partial charge in [-0.15, -0.1) is 4.99 Å². The van der Waals surface area contributed by atoms with E-state index in [1.807, 2.05) is 31.2 Å². The molecule has 0 aliphatic carbocycles. The van der Waals surface area contributed by atoms with E-state index >= 15 is 0 Å². The normalized spacial score (nSPS) is 11.3. The molecule has 76 valence electrons. The Hall–Kier alpha value is -2.42. The summed E-state index contributed by atoms with van der Waals surface area (Å²) in [5.41, 5.74) is 9.77. The molecule has 0 saturated heterocycles. The zero-order chi connectivity index (χ0) is 11.1. The van der Waals surface area contributed by atoms with Crippen LogP contribution in [0.25, 0.3) is 0 Å². The average molecular weight is 202 g/mol. The van der Waals surface area contributed by atoms with Gasteiger partial charge in [0.2, 0.25) is 6.19 Å². The molecule has 0 aliphatic rings. The maximum absolute atomic E-state index is 8.15. The average Bonchev–Trinajstić information content (AvgIpc) is 2.18. The van der Waals surface area contributed by atoms with Crippen LogP contribution in [0.4, 0.5) is 5.69 Å². The van der Waals surface area contributed by atoms with Gasteiger partial charge in [-0.3, -0.25) is 5.43 Å². The van der Waals surface area contributed by atoms with Gasteiger partial charge in [-0.25, -0.2) is 0 Å². The van der Waals surface area contributed by atoms with Crippen LogP contribution in [0.3, 0.4) is 0 Å². The highest BCUT2D eigenvalue weighted by Crippen LogP contribution is 2.08. The third-order valence-corrected chi connectivity index (χ3v) is 1.51. The lowest BCUT2D eigenvalue weighted by Gasteiger charge is -1.98. The van der Waals surface area contributed by atoms with Crippen LogP contribution in [-0.2, 0) is 0 Å². The van der Waals surface area contributed by atoms with Crippen LogP contribution >= 0.6 is 0 Å². The molecule has 0 amide bonds. The van der Waals surface area contributed by atoms with Gasteiger partial charge in [-0.05, 0) is 24.6 Å². The van der Waals surface area contributed by atoms with Crippen molar-refractivity contribution in [3.63, 3.8) is 0 Å². The van der Waals surface area contributed by atoms with Crippen LogP contribution in [-0.4, -0.2) is 5.96 Å². The molecule has 0 fully saturated rings. The summed E-state index contributed by atoms with van der Waals surface area (Å²) in [5, 5.41) is 15.2. The Morgan fingerprint density at radius 3 is 3.00 bits per heavy atom. The monoisotopic (exact) mass is 202 g/mol. The van der Waals surface area contributed by atoms with E-state index in [0.717, 1.165) is 11.3 Å². The minimum atomic E-state index is -0.183. The van der Waals surface area contributed by atoms with Gasteiger partial charge in [-0.1, -0.05) is 22.5 Å².